The highest BCUT2D eigenvalue weighted by Crippen LogP contribution is 2.45. The van der Waals surface area contributed by atoms with Gasteiger partial charge in [0, 0.05) is 25.7 Å². The molecular formula is C75H146O17P2. The highest BCUT2D eigenvalue weighted by molar-refractivity contribution is 7.47. The molecule has 0 rings (SSSR count). The minimum Gasteiger partial charge on any atom is -0.462 e. The summed E-state index contributed by atoms with van der Waals surface area (Å²) in [7, 11) is -9.91. The molecule has 0 aliphatic heterocycles. The average molecular weight is 1380 g/mol. The molecular weight excluding hydrogens is 1230 g/mol. The average Bonchev–Trinajstić information content (AvgIpc) is 1.56. The van der Waals surface area contributed by atoms with E-state index in [9.17, 15) is 43.2 Å². The molecule has 0 aliphatic carbocycles. The molecule has 94 heavy (non-hydrogen) atoms. The van der Waals surface area contributed by atoms with Crippen LogP contribution >= 0.6 is 15.6 Å². The van der Waals surface area contributed by atoms with Crippen molar-refractivity contribution in [3.63, 3.8) is 0 Å². The van der Waals surface area contributed by atoms with Crippen LogP contribution in [0.25, 0.3) is 0 Å². The summed E-state index contributed by atoms with van der Waals surface area (Å²) >= 11 is 0. The first-order valence-electron chi connectivity index (χ1n) is 39.0. The molecule has 3 N–H and O–H groups in total. The number of aliphatic hydroxyl groups excluding tert-OH is 1. The van der Waals surface area contributed by atoms with Crippen LogP contribution < -0.4 is 0 Å². The maximum absolute atomic E-state index is 13.1. The summed E-state index contributed by atoms with van der Waals surface area (Å²) in [6, 6.07) is 0. The van der Waals surface area contributed by atoms with Gasteiger partial charge in [-0.3, -0.25) is 37.3 Å². The van der Waals surface area contributed by atoms with Crippen LogP contribution in [0.5, 0.6) is 0 Å². The van der Waals surface area contributed by atoms with Gasteiger partial charge in [-0.2, -0.15) is 0 Å². The van der Waals surface area contributed by atoms with Crippen molar-refractivity contribution in [2.75, 3.05) is 39.6 Å². The normalized spacial score (nSPS) is 14.3. The van der Waals surface area contributed by atoms with Crippen molar-refractivity contribution in [2.24, 2.45) is 11.8 Å². The Balaban J connectivity index is 5.21. The molecule has 6 atom stereocenters. The van der Waals surface area contributed by atoms with E-state index < -0.39 is 97.5 Å². The van der Waals surface area contributed by atoms with Crippen molar-refractivity contribution in [1.29, 1.82) is 0 Å². The van der Waals surface area contributed by atoms with E-state index in [1.54, 1.807) is 0 Å². The molecule has 558 valence electrons. The minimum atomic E-state index is -4.96. The number of esters is 4. The maximum Gasteiger partial charge on any atom is 0.472 e. The van der Waals surface area contributed by atoms with Gasteiger partial charge in [-0.05, 0) is 37.5 Å². The van der Waals surface area contributed by atoms with Gasteiger partial charge in [-0.25, -0.2) is 9.13 Å². The Bertz CT molecular complexity index is 1820. The van der Waals surface area contributed by atoms with Crippen LogP contribution in [-0.4, -0.2) is 96.7 Å². The highest BCUT2D eigenvalue weighted by atomic mass is 31.2. The van der Waals surface area contributed by atoms with E-state index in [2.05, 4.69) is 41.5 Å². The van der Waals surface area contributed by atoms with Gasteiger partial charge in [0.15, 0.2) is 12.2 Å². The second-order valence-corrected chi connectivity index (χ2v) is 30.7. The van der Waals surface area contributed by atoms with E-state index in [1.807, 2.05) is 0 Å². The first kappa shape index (κ1) is 92.1. The molecule has 0 radical (unpaired) electrons. The van der Waals surface area contributed by atoms with Crippen LogP contribution in [0.15, 0.2) is 0 Å². The summed E-state index contributed by atoms with van der Waals surface area (Å²) in [5, 5.41) is 10.6. The van der Waals surface area contributed by atoms with Crippen molar-refractivity contribution in [2.45, 2.75) is 407 Å². The van der Waals surface area contributed by atoms with Crippen LogP contribution in [0.3, 0.4) is 0 Å². The molecule has 0 fully saturated rings. The van der Waals surface area contributed by atoms with E-state index >= 15 is 0 Å². The number of rotatable bonds is 74. The third-order valence-electron chi connectivity index (χ3n) is 17.8. The van der Waals surface area contributed by atoms with Gasteiger partial charge in [-0.15, -0.1) is 0 Å². The third kappa shape index (κ3) is 67.3. The van der Waals surface area contributed by atoms with Crippen molar-refractivity contribution >= 4 is 39.5 Å². The molecule has 0 saturated heterocycles. The second-order valence-electron chi connectivity index (χ2n) is 27.8. The number of phosphoric acid groups is 2. The molecule has 0 amide bonds. The molecule has 3 unspecified atom stereocenters. The predicted molar refractivity (Wildman–Crippen MR) is 381 cm³/mol. The molecule has 0 aromatic rings. The lowest BCUT2D eigenvalue weighted by Gasteiger charge is -2.21. The lowest BCUT2D eigenvalue weighted by atomic mass is 9.99. The molecule has 0 heterocycles. The fourth-order valence-corrected chi connectivity index (χ4v) is 13.0. The topological polar surface area (TPSA) is 237 Å². The number of unbranched alkanes of at least 4 members (excludes halogenated alkanes) is 43. The smallest absolute Gasteiger partial charge is 0.462 e. The number of hydrogen-bond donors (Lipinski definition) is 3. The Kier molecular flexibility index (Phi) is 65.5. The SMILES string of the molecule is CCCCCCCCCCCCCCCC(=O)O[C@H](COC(=O)CCCCCCCCCC)COP(=O)(O)OC[C@H](O)COP(=O)(O)OC[C@@H](COC(=O)CCCCCCCCCCCCC(C)CC)OC(=O)CCCCCCCCCCCCCCCCCCC(C)C. The Morgan fingerprint density at radius 1 is 0.309 bits per heavy atom. The summed E-state index contributed by atoms with van der Waals surface area (Å²) in [6.07, 6.45) is 54.0. The summed E-state index contributed by atoms with van der Waals surface area (Å²) in [5.74, 6) is -0.499. The molecule has 0 spiro atoms. The van der Waals surface area contributed by atoms with Gasteiger partial charge < -0.3 is 33.8 Å². The van der Waals surface area contributed by atoms with Gasteiger partial charge in [0.2, 0.25) is 0 Å². The minimum absolute atomic E-state index is 0.107. The van der Waals surface area contributed by atoms with E-state index in [4.69, 9.17) is 37.0 Å². The van der Waals surface area contributed by atoms with Crippen molar-refractivity contribution < 1.29 is 80.2 Å². The summed E-state index contributed by atoms with van der Waals surface area (Å²) < 4.78 is 68.4. The van der Waals surface area contributed by atoms with Crippen LogP contribution in [0.4, 0.5) is 0 Å². The maximum atomic E-state index is 13.1. The monoisotopic (exact) mass is 1380 g/mol. The lowest BCUT2D eigenvalue weighted by Crippen LogP contribution is -2.30. The van der Waals surface area contributed by atoms with Crippen molar-refractivity contribution in [3.8, 4) is 0 Å². The van der Waals surface area contributed by atoms with Crippen LogP contribution in [0, 0.1) is 11.8 Å². The molecule has 0 aromatic heterocycles. The summed E-state index contributed by atoms with van der Waals surface area (Å²) in [5.41, 5.74) is 0. The predicted octanol–water partition coefficient (Wildman–Crippen LogP) is 21.9. The molecule has 0 bridgehead atoms. The van der Waals surface area contributed by atoms with Crippen LogP contribution in [0.2, 0.25) is 0 Å². The molecule has 19 heteroatoms. The summed E-state index contributed by atoms with van der Waals surface area (Å²) in [4.78, 5) is 72.7. The first-order valence-corrected chi connectivity index (χ1v) is 42.0. The summed E-state index contributed by atoms with van der Waals surface area (Å²) in [6.45, 7) is 9.63. The fraction of sp³-hybridized carbons (Fsp3) is 0.947. The zero-order valence-electron chi connectivity index (χ0n) is 61.3. The van der Waals surface area contributed by atoms with E-state index in [-0.39, 0.29) is 25.7 Å². The standard InChI is InChI=1S/C75H146O17P2/c1-7-10-12-14-16-18-19-24-28-35-41-47-53-59-74(79)91-70(63-85-72(77)57-51-45-39-17-15-13-11-8-2)65-89-93(81,82)87-61-69(76)62-88-94(83,84)90-66-71(64-86-73(78)58-52-46-40-34-31-30-33-38-44-50-56-68(6)9-3)92-75(80)60-54-48-42-36-29-26-23-21-20-22-25-27-32-37-43-49-55-67(4)5/h67-71,76H,7-66H2,1-6H3,(H,81,82)(H,83,84)/t68?,69-,70+,71+/m0/s1. The molecule has 0 aliphatic rings. The number of carbonyl (C=O) groups excluding carboxylic acids is 4. The third-order valence-corrected chi connectivity index (χ3v) is 19.7. The van der Waals surface area contributed by atoms with Gasteiger partial charge >= 0.3 is 39.5 Å². The van der Waals surface area contributed by atoms with E-state index in [0.717, 1.165) is 108 Å². The zero-order chi connectivity index (χ0) is 69.3. The quantitative estimate of drug-likeness (QED) is 0.0222. The number of ether oxygens (including phenoxy) is 4. The Hall–Kier alpha value is -1.94. The second kappa shape index (κ2) is 66.9. The highest BCUT2D eigenvalue weighted by Gasteiger charge is 2.30. The van der Waals surface area contributed by atoms with Gasteiger partial charge in [0.1, 0.15) is 19.3 Å². The van der Waals surface area contributed by atoms with Crippen LogP contribution in [-0.2, 0) is 65.4 Å². The van der Waals surface area contributed by atoms with Crippen molar-refractivity contribution in [1.82, 2.24) is 0 Å². The van der Waals surface area contributed by atoms with Gasteiger partial charge in [0.25, 0.3) is 0 Å². The van der Waals surface area contributed by atoms with Crippen molar-refractivity contribution in [3.05, 3.63) is 0 Å². The first-order chi connectivity index (χ1) is 45.4. The zero-order valence-corrected chi connectivity index (χ0v) is 63.1. The lowest BCUT2D eigenvalue weighted by molar-refractivity contribution is -0.161. The molecule has 0 aromatic carbocycles. The molecule has 17 nitrogen and oxygen atoms in total. The van der Waals surface area contributed by atoms with E-state index in [1.165, 1.54) is 199 Å². The number of carbonyl (C=O) groups is 4. The number of phosphoric ester groups is 2. The Morgan fingerprint density at radius 2 is 0.543 bits per heavy atom. The number of aliphatic hydroxyl groups is 1. The Morgan fingerprint density at radius 3 is 0.809 bits per heavy atom. The van der Waals surface area contributed by atoms with Crippen LogP contribution in [0.1, 0.15) is 388 Å². The van der Waals surface area contributed by atoms with E-state index in [0.29, 0.717) is 25.7 Å². The van der Waals surface area contributed by atoms with Gasteiger partial charge in [0.05, 0.1) is 26.4 Å². The number of hydrogen-bond acceptors (Lipinski definition) is 15. The largest absolute Gasteiger partial charge is 0.472 e. The fourth-order valence-electron chi connectivity index (χ4n) is 11.4. The van der Waals surface area contributed by atoms with Gasteiger partial charge in [-0.1, -0.05) is 337 Å². The molecule has 0 saturated carbocycles. The Labute approximate surface area is 575 Å².